The molecule has 1 aliphatic heterocycles. The molecule has 88 valence electrons. The van der Waals surface area contributed by atoms with Crippen LogP contribution < -0.4 is 4.84 Å². The van der Waals surface area contributed by atoms with E-state index in [1.165, 1.54) is 6.20 Å². The summed E-state index contributed by atoms with van der Waals surface area (Å²) in [5.41, 5.74) is 0. The molecule has 5 nitrogen and oxygen atoms in total. The molecule has 1 aromatic rings. The highest BCUT2D eigenvalue weighted by Gasteiger charge is 2.19. The van der Waals surface area contributed by atoms with Crippen molar-refractivity contribution in [3.05, 3.63) is 16.6 Å². The molecule has 0 unspecified atom stereocenters. The van der Waals surface area contributed by atoms with Crippen molar-refractivity contribution in [3.63, 3.8) is 0 Å². The van der Waals surface area contributed by atoms with Crippen molar-refractivity contribution in [1.82, 2.24) is 14.8 Å². The summed E-state index contributed by atoms with van der Waals surface area (Å²) >= 11 is 2.94. The molecule has 0 bridgehead atoms. The Hall–Kier alpha value is -1.11. The van der Waals surface area contributed by atoms with Gasteiger partial charge in [-0.05, 0) is 35.2 Å². The van der Waals surface area contributed by atoms with E-state index < -0.39 is 12.0 Å². The summed E-state index contributed by atoms with van der Waals surface area (Å²) in [6.45, 7) is 1.37. The Kier molecular flexibility index (Phi) is 3.42. The number of nitrogens with zero attached hydrogens (tertiary/aromatic N) is 3. The lowest BCUT2D eigenvalue weighted by molar-refractivity contribution is 0.0713. The first-order chi connectivity index (χ1) is 7.66. The van der Waals surface area contributed by atoms with Crippen LogP contribution in [0.15, 0.2) is 10.7 Å². The molecular weight excluding hydrogens is 281 g/mol. The minimum Gasteiger partial charge on any atom is -0.306 e. The molecule has 1 saturated heterocycles. The van der Waals surface area contributed by atoms with Crippen LogP contribution in [0.4, 0.5) is 9.18 Å². The maximum absolute atomic E-state index is 12.8. The van der Waals surface area contributed by atoms with Crippen molar-refractivity contribution in [2.24, 2.45) is 0 Å². The van der Waals surface area contributed by atoms with Gasteiger partial charge in [0.2, 0.25) is 5.95 Å². The van der Waals surface area contributed by atoms with E-state index in [0.29, 0.717) is 13.1 Å². The number of carbonyl (C=O) groups excluding carboxylic acids is 1. The Morgan fingerprint density at radius 3 is 2.69 bits per heavy atom. The second-order valence-electron chi connectivity index (χ2n) is 3.58. The van der Waals surface area contributed by atoms with Crippen molar-refractivity contribution >= 4 is 22.0 Å². The van der Waals surface area contributed by atoms with Gasteiger partial charge in [0.25, 0.3) is 0 Å². The van der Waals surface area contributed by atoms with E-state index in [0.717, 1.165) is 24.1 Å². The molecule has 1 fully saturated rings. The molecule has 0 atom stereocenters. The van der Waals surface area contributed by atoms with Crippen LogP contribution in [0.1, 0.15) is 19.3 Å². The van der Waals surface area contributed by atoms with Crippen molar-refractivity contribution in [2.75, 3.05) is 13.1 Å². The van der Waals surface area contributed by atoms with Crippen LogP contribution in [0, 0.1) is 5.95 Å². The quantitative estimate of drug-likeness (QED) is 0.793. The van der Waals surface area contributed by atoms with Crippen LogP contribution in [-0.4, -0.2) is 34.0 Å². The minimum absolute atomic E-state index is 0.166. The maximum Gasteiger partial charge on any atom is 0.435 e. The summed E-state index contributed by atoms with van der Waals surface area (Å²) in [5.74, 6) is -0.702. The van der Waals surface area contributed by atoms with Crippen molar-refractivity contribution in [2.45, 2.75) is 19.3 Å². The molecule has 0 spiro atoms. The fraction of sp³-hybridized carbons (Fsp3) is 0.556. The van der Waals surface area contributed by atoms with E-state index in [1.807, 2.05) is 0 Å². The summed E-state index contributed by atoms with van der Waals surface area (Å²) in [6.07, 6.45) is 3.86. The van der Waals surface area contributed by atoms with Crippen LogP contribution in [-0.2, 0) is 0 Å². The first-order valence-corrected chi connectivity index (χ1v) is 5.84. The summed E-state index contributed by atoms with van der Waals surface area (Å²) in [7, 11) is 0. The summed E-state index contributed by atoms with van der Waals surface area (Å²) < 4.78 is 13.0. The minimum atomic E-state index is -0.702. The number of rotatable bonds is 1. The lowest BCUT2D eigenvalue weighted by Crippen LogP contribution is -2.40. The largest absolute Gasteiger partial charge is 0.435 e. The van der Waals surface area contributed by atoms with E-state index in [4.69, 9.17) is 4.84 Å². The van der Waals surface area contributed by atoms with Crippen molar-refractivity contribution in [3.8, 4) is 0 Å². The zero-order chi connectivity index (χ0) is 11.5. The Labute approximate surface area is 100 Å². The highest BCUT2D eigenvalue weighted by molar-refractivity contribution is 9.10. The Morgan fingerprint density at radius 1 is 1.44 bits per heavy atom. The zero-order valence-corrected chi connectivity index (χ0v) is 10.1. The Balaban J connectivity index is 1.95. The first-order valence-electron chi connectivity index (χ1n) is 5.05. The molecule has 1 amide bonds. The van der Waals surface area contributed by atoms with Gasteiger partial charge in [0, 0.05) is 13.1 Å². The average molecular weight is 292 g/mol. The number of amides is 1. The molecule has 0 saturated carbocycles. The third kappa shape index (κ3) is 2.52. The Morgan fingerprint density at radius 2 is 2.12 bits per heavy atom. The molecule has 1 aromatic heterocycles. The molecule has 7 heteroatoms. The molecule has 2 rings (SSSR count). The number of likely N-dealkylation sites (tertiary alicyclic amines) is 1. The van der Waals surface area contributed by atoms with Gasteiger partial charge in [-0.25, -0.2) is 4.79 Å². The van der Waals surface area contributed by atoms with E-state index in [-0.39, 0.29) is 4.47 Å². The smallest absolute Gasteiger partial charge is 0.306 e. The number of carbonyl (C=O) groups is 1. The van der Waals surface area contributed by atoms with Gasteiger partial charge in [-0.3, -0.25) is 4.84 Å². The van der Waals surface area contributed by atoms with Crippen molar-refractivity contribution in [1.29, 1.82) is 0 Å². The predicted molar refractivity (Wildman–Crippen MR) is 57.3 cm³/mol. The molecule has 16 heavy (non-hydrogen) atoms. The maximum atomic E-state index is 12.8. The lowest BCUT2D eigenvalue weighted by atomic mass is 10.1. The normalized spacial score (nSPS) is 16.2. The van der Waals surface area contributed by atoms with Gasteiger partial charge < -0.3 is 4.90 Å². The van der Waals surface area contributed by atoms with Crippen molar-refractivity contribution < 1.29 is 14.0 Å². The van der Waals surface area contributed by atoms with Gasteiger partial charge >= 0.3 is 6.09 Å². The third-order valence-electron chi connectivity index (χ3n) is 2.39. The summed E-state index contributed by atoms with van der Waals surface area (Å²) in [6, 6.07) is 0. The Bertz CT molecular complexity index is 371. The standard InChI is InChI=1S/C9H11BrFN3O2/c10-7-6-14(12-8(7)11)16-9(15)13-4-2-1-3-5-13/h6H,1-5H2. The fourth-order valence-corrected chi connectivity index (χ4v) is 1.83. The number of piperidine rings is 1. The second kappa shape index (κ2) is 4.82. The molecule has 2 heterocycles. The van der Waals surface area contributed by atoms with Crippen LogP contribution in [0.2, 0.25) is 0 Å². The highest BCUT2D eigenvalue weighted by atomic mass is 79.9. The van der Waals surface area contributed by atoms with Crippen LogP contribution in [0.25, 0.3) is 0 Å². The van der Waals surface area contributed by atoms with E-state index in [9.17, 15) is 9.18 Å². The van der Waals surface area contributed by atoms with Gasteiger partial charge in [0.05, 0.1) is 10.7 Å². The van der Waals surface area contributed by atoms with Gasteiger partial charge in [-0.1, -0.05) is 4.85 Å². The van der Waals surface area contributed by atoms with E-state index in [2.05, 4.69) is 21.0 Å². The van der Waals surface area contributed by atoms with Crippen LogP contribution in [0.3, 0.4) is 0 Å². The van der Waals surface area contributed by atoms with Gasteiger partial charge in [-0.15, -0.1) is 5.10 Å². The van der Waals surface area contributed by atoms with Gasteiger partial charge in [0.1, 0.15) is 0 Å². The SMILES string of the molecule is O=C(On1cc(Br)c(F)n1)N1CCCCC1. The van der Waals surface area contributed by atoms with E-state index in [1.54, 1.807) is 4.90 Å². The molecule has 0 N–H and O–H groups in total. The summed E-state index contributed by atoms with van der Waals surface area (Å²) in [5, 5.41) is 3.38. The first kappa shape index (κ1) is 11.4. The summed E-state index contributed by atoms with van der Waals surface area (Å²) in [4.78, 5) is 18.9. The number of halogens is 2. The lowest BCUT2D eigenvalue weighted by Gasteiger charge is -2.24. The highest BCUT2D eigenvalue weighted by Crippen LogP contribution is 2.12. The number of hydrogen-bond donors (Lipinski definition) is 0. The predicted octanol–water partition coefficient (Wildman–Crippen LogP) is 1.82. The molecular formula is C9H11BrFN3O2. The third-order valence-corrected chi connectivity index (χ3v) is 2.93. The average Bonchev–Trinajstić information content (AvgIpc) is 2.59. The molecule has 0 aliphatic carbocycles. The fourth-order valence-electron chi connectivity index (χ4n) is 1.57. The number of hydrogen-bond acceptors (Lipinski definition) is 3. The second-order valence-corrected chi connectivity index (χ2v) is 4.43. The van der Waals surface area contributed by atoms with Gasteiger partial charge in [-0.2, -0.15) is 4.39 Å². The molecule has 1 aliphatic rings. The van der Waals surface area contributed by atoms with Gasteiger partial charge in [0.15, 0.2) is 0 Å². The molecule has 0 radical (unpaired) electrons. The number of aromatic nitrogens is 2. The van der Waals surface area contributed by atoms with Crippen LogP contribution >= 0.6 is 15.9 Å². The monoisotopic (exact) mass is 291 g/mol. The topological polar surface area (TPSA) is 47.4 Å². The van der Waals surface area contributed by atoms with Crippen LogP contribution in [0.5, 0.6) is 0 Å². The molecule has 0 aromatic carbocycles. The van der Waals surface area contributed by atoms with E-state index >= 15 is 0 Å². The zero-order valence-electron chi connectivity index (χ0n) is 8.53.